The first-order chi connectivity index (χ1) is 11.6. The zero-order valence-corrected chi connectivity index (χ0v) is 15.8. The van der Waals surface area contributed by atoms with Crippen LogP contribution in [0, 0.1) is 5.41 Å². The summed E-state index contributed by atoms with van der Waals surface area (Å²) in [4.78, 5) is 34.2. The van der Waals surface area contributed by atoms with Crippen molar-refractivity contribution in [2.75, 3.05) is 33.4 Å². The van der Waals surface area contributed by atoms with E-state index in [0.29, 0.717) is 0 Å². The second-order valence-corrected chi connectivity index (χ2v) is 8.03. The minimum atomic E-state index is -3.67. The van der Waals surface area contributed by atoms with Crippen molar-refractivity contribution in [1.29, 1.82) is 0 Å². The van der Waals surface area contributed by atoms with Gasteiger partial charge in [-0.15, -0.1) is 0 Å². The molecule has 3 N–H and O–H groups in total. The van der Waals surface area contributed by atoms with Crippen molar-refractivity contribution in [3.8, 4) is 0 Å². The van der Waals surface area contributed by atoms with E-state index < -0.39 is 31.1 Å². The fourth-order valence-corrected chi connectivity index (χ4v) is 3.81. The van der Waals surface area contributed by atoms with Crippen LogP contribution >= 0.6 is 7.75 Å². The Balaban J connectivity index is 2.60. The van der Waals surface area contributed by atoms with Crippen molar-refractivity contribution in [2.45, 2.75) is 33.3 Å². The number of amides is 2. The molecular formula is C14H26N3O7P. The number of hydrogen-bond acceptors (Lipinski definition) is 7. The summed E-state index contributed by atoms with van der Waals surface area (Å²) in [7, 11) is -2.41. The highest BCUT2D eigenvalue weighted by Crippen LogP contribution is 2.52. The highest BCUT2D eigenvalue weighted by Gasteiger charge is 2.47. The maximum atomic E-state index is 12.6. The lowest BCUT2D eigenvalue weighted by atomic mass is 9.87. The Morgan fingerprint density at radius 2 is 1.88 bits per heavy atom. The normalized spacial score (nSPS) is 25.0. The lowest BCUT2D eigenvalue weighted by Crippen LogP contribution is -2.51. The van der Waals surface area contributed by atoms with E-state index in [0.717, 1.165) is 0 Å². The van der Waals surface area contributed by atoms with Gasteiger partial charge in [0.2, 0.25) is 11.8 Å². The molecule has 0 saturated carbocycles. The predicted molar refractivity (Wildman–Crippen MR) is 88.5 cm³/mol. The van der Waals surface area contributed by atoms with E-state index in [4.69, 9.17) is 9.05 Å². The largest absolute Gasteiger partial charge is 0.469 e. The average molecular weight is 379 g/mol. The van der Waals surface area contributed by atoms with E-state index in [1.54, 1.807) is 13.8 Å². The van der Waals surface area contributed by atoms with E-state index in [9.17, 15) is 18.9 Å². The zero-order valence-electron chi connectivity index (χ0n) is 14.9. The number of nitrogens with one attached hydrogen (secondary N) is 3. The van der Waals surface area contributed by atoms with Gasteiger partial charge >= 0.3 is 13.7 Å². The monoisotopic (exact) mass is 379 g/mol. The van der Waals surface area contributed by atoms with Crippen LogP contribution in [0.15, 0.2) is 0 Å². The van der Waals surface area contributed by atoms with Gasteiger partial charge in [0.05, 0.1) is 20.1 Å². The molecule has 2 amide bonds. The Kier molecular flexibility index (Phi) is 8.01. The smallest absolute Gasteiger partial charge is 0.406 e. The number of carbonyl (C=O) groups excluding carboxylic acids is 3. The highest BCUT2D eigenvalue weighted by molar-refractivity contribution is 7.51. The van der Waals surface area contributed by atoms with Crippen molar-refractivity contribution in [3.05, 3.63) is 0 Å². The van der Waals surface area contributed by atoms with E-state index in [1.165, 1.54) is 14.0 Å². The number of carbonyl (C=O) groups is 3. The number of methoxy groups -OCH3 is 1. The van der Waals surface area contributed by atoms with Crippen LogP contribution in [-0.4, -0.2) is 57.2 Å². The van der Waals surface area contributed by atoms with Crippen molar-refractivity contribution < 1.29 is 32.7 Å². The Labute approximate surface area is 146 Å². The zero-order chi connectivity index (χ0) is 19.1. The second kappa shape index (κ2) is 9.28. The first-order valence-corrected chi connectivity index (χ1v) is 9.41. The minimum absolute atomic E-state index is 0.0263. The maximum absolute atomic E-state index is 12.6. The molecule has 0 bridgehead atoms. The first kappa shape index (κ1) is 21.6. The van der Waals surface area contributed by atoms with Gasteiger partial charge in [0.25, 0.3) is 0 Å². The molecule has 11 heteroatoms. The SMILES string of the molecule is COC(=O)CCNC(=O)[C@@H]1OP(=O)(NCCNC(C)=O)OCC1(C)C. The number of rotatable bonds is 8. The van der Waals surface area contributed by atoms with Crippen LogP contribution in [0.25, 0.3) is 0 Å². The molecule has 0 spiro atoms. The molecule has 10 nitrogen and oxygen atoms in total. The lowest BCUT2D eigenvalue weighted by Gasteiger charge is -2.40. The Hall–Kier alpha value is -1.48. The molecule has 2 atom stereocenters. The van der Waals surface area contributed by atoms with E-state index >= 15 is 0 Å². The average Bonchev–Trinajstić information content (AvgIpc) is 2.54. The van der Waals surface area contributed by atoms with Crippen LogP contribution in [0.3, 0.4) is 0 Å². The molecule has 1 fully saturated rings. The molecule has 0 aliphatic carbocycles. The highest BCUT2D eigenvalue weighted by atomic mass is 31.2. The molecule has 1 aliphatic rings. The van der Waals surface area contributed by atoms with Gasteiger partial charge in [-0.1, -0.05) is 13.8 Å². The fraction of sp³-hybridized carbons (Fsp3) is 0.786. The summed E-state index contributed by atoms with van der Waals surface area (Å²) in [6, 6.07) is 0. The van der Waals surface area contributed by atoms with Crippen LogP contribution in [0.4, 0.5) is 0 Å². The molecule has 0 aromatic carbocycles. The van der Waals surface area contributed by atoms with Crippen LogP contribution in [0.5, 0.6) is 0 Å². The van der Waals surface area contributed by atoms with Crippen molar-refractivity contribution in [1.82, 2.24) is 15.7 Å². The molecule has 1 aliphatic heterocycles. The third kappa shape index (κ3) is 7.11. The van der Waals surface area contributed by atoms with Gasteiger partial charge in [0, 0.05) is 32.0 Å². The summed E-state index contributed by atoms with van der Waals surface area (Å²) < 4.78 is 27.8. The van der Waals surface area contributed by atoms with Crippen LogP contribution in [-0.2, 0) is 32.7 Å². The van der Waals surface area contributed by atoms with E-state index in [1.807, 2.05) is 0 Å². The third-order valence-corrected chi connectivity index (χ3v) is 5.03. The predicted octanol–water partition coefficient (Wildman–Crippen LogP) is -0.0589. The Morgan fingerprint density at radius 3 is 2.48 bits per heavy atom. The minimum Gasteiger partial charge on any atom is -0.469 e. The van der Waals surface area contributed by atoms with Gasteiger partial charge < -0.3 is 15.4 Å². The molecule has 0 aromatic rings. The van der Waals surface area contributed by atoms with Crippen LogP contribution in [0.1, 0.15) is 27.2 Å². The van der Waals surface area contributed by atoms with Gasteiger partial charge in [-0.2, -0.15) is 0 Å². The van der Waals surface area contributed by atoms with Crippen LogP contribution in [0.2, 0.25) is 0 Å². The molecule has 0 radical (unpaired) electrons. The summed E-state index contributed by atoms with van der Waals surface area (Å²) in [6.07, 6.45) is -0.989. The standard InChI is InChI=1S/C14H26N3O7P/c1-10(18)15-7-8-17-25(21)23-9-14(2,3)12(24-25)13(20)16-6-5-11(19)22-4/h12H,5-9H2,1-4H3,(H,15,18)(H,16,20)(H,17,21)/t12-,25?/m0/s1. The molecule has 0 aromatic heterocycles. The summed E-state index contributed by atoms with van der Waals surface area (Å²) in [5.74, 6) is -1.14. The molecular weight excluding hydrogens is 353 g/mol. The third-order valence-electron chi connectivity index (χ3n) is 3.46. The summed E-state index contributed by atoms with van der Waals surface area (Å²) in [6.45, 7) is 5.40. The molecule has 144 valence electrons. The summed E-state index contributed by atoms with van der Waals surface area (Å²) in [5, 5.41) is 7.71. The van der Waals surface area contributed by atoms with Gasteiger partial charge in [-0.3, -0.25) is 23.4 Å². The van der Waals surface area contributed by atoms with Crippen molar-refractivity contribution in [2.24, 2.45) is 5.41 Å². The quantitative estimate of drug-likeness (QED) is 0.304. The van der Waals surface area contributed by atoms with Gasteiger partial charge in [0.15, 0.2) is 6.10 Å². The molecule has 1 heterocycles. The van der Waals surface area contributed by atoms with Crippen LogP contribution < -0.4 is 15.7 Å². The second-order valence-electron chi connectivity index (χ2n) is 6.25. The van der Waals surface area contributed by atoms with Gasteiger partial charge in [-0.25, -0.2) is 9.65 Å². The summed E-state index contributed by atoms with van der Waals surface area (Å²) in [5.41, 5.74) is -0.706. The lowest BCUT2D eigenvalue weighted by molar-refractivity contribution is -0.141. The van der Waals surface area contributed by atoms with Gasteiger partial charge in [0.1, 0.15) is 0 Å². The van der Waals surface area contributed by atoms with Crippen molar-refractivity contribution >= 4 is 25.5 Å². The molecule has 1 unspecified atom stereocenters. The first-order valence-electron chi connectivity index (χ1n) is 7.87. The topological polar surface area (TPSA) is 132 Å². The molecule has 1 saturated heterocycles. The Bertz CT molecular complexity index is 553. The molecule has 1 rings (SSSR count). The number of esters is 1. The number of hydrogen-bond donors (Lipinski definition) is 3. The van der Waals surface area contributed by atoms with Gasteiger partial charge in [-0.05, 0) is 0 Å². The van der Waals surface area contributed by atoms with E-state index in [2.05, 4.69) is 20.5 Å². The Morgan fingerprint density at radius 1 is 1.20 bits per heavy atom. The number of ether oxygens (including phenoxy) is 1. The maximum Gasteiger partial charge on any atom is 0.406 e. The molecule has 25 heavy (non-hydrogen) atoms. The fourth-order valence-electron chi connectivity index (χ4n) is 2.04. The van der Waals surface area contributed by atoms with E-state index in [-0.39, 0.29) is 38.6 Å². The summed E-state index contributed by atoms with van der Waals surface area (Å²) >= 11 is 0. The van der Waals surface area contributed by atoms with Crippen molar-refractivity contribution in [3.63, 3.8) is 0 Å².